The monoisotopic (exact) mass is 178 g/mol. The van der Waals surface area contributed by atoms with E-state index in [1.54, 1.807) is 0 Å². The summed E-state index contributed by atoms with van der Waals surface area (Å²) in [6, 6.07) is 8.33. The molecule has 0 aliphatic rings. The third-order valence-electron chi connectivity index (χ3n) is 1.87. The summed E-state index contributed by atoms with van der Waals surface area (Å²) >= 11 is 4.35. The van der Waals surface area contributed by atoms with E-state index in [-0.39, 0.29) is 0 Å². The molecule has 0 saturated heterocycles. The molecule has 0 radical (unpaired) electrons. The molecule has 0 amide bonds. The summed E-state index contributed by atoms with van der Waals surface area (Å²) in [6.45, 7) is 4.22. The van der Waals surface area contributed by atoms with Crippen LogP contribution in [0.1, 0.15) is 24.5 Å². The molecular formula is C11H14S. The van der Waals surface area contributed by atoms with Gasteiger partial charge < -0.3 is 0 Å². The first kappa shape index (κ1) is 9.40. The molecule has 0 fully saturated rings. The molecule has 64 valence electrons. The van der Waals surface area contributed by atoms with Gasteiger partial charge in [-0.05, 0) is 35.5 Å². The quantitative estimate of drug-likeness (QED) is 0.656. The third kappa shape index (κ3) is 2.42. The first-order valence-electron chi connectivity index (χ1n) is 4.19. The van der Waals surface area contributed by atoms with Crippen LogP contribution in [-0.2, 0) is 0 Å². The van der Waals surface area contributed by atoms with Crippen molar-refractivity contribution in [2.45, 2.75) is 20.3 Å². The number of benzene rings is 1. The van der Waals surface area contributed by atoms with E-state index < -0.39 is 0 Å². The van der Waals surface area contributed by atoms with Gasteiger partial charge >= 0.3 is 0 Å². The molecule has 1 heteroatoms. The summed E-state index contributed by atoms with van der Waals surface area (Å²) in [5.74, 6) is 0. The molecule has 0 saturated carbocycles. The number of hydrogen-bond donors (Lipinski definition) is 1. The van der Waals surface area contributed by atoms with Gasteiger partial charge in [0, 0.05) is 0 Å². The van der Waals surface area contributed by atoms with Gasteiger partial charge in [0.25, 0.3) is 0 Å². The van der Waals surface area contributed by atoms with Gasteiger partial charge in [-0.25, -0.2) is 0 Å². The number of hydrogen-bond acceptors (Lipinski definition) is 1. The molecule has 12 heavy (non-hydrogen) atoms. The predicted molar refractivity (Wildman–Crippen MR) is 58.4 cm³/mol. The Labute approximate surface area is 79.7 Å². The van der Waals surface area contributed by atoms with E-state index >= 15 is 0 Å². The molecule has 1 aromatic carbocycles. The second-order valence-electron chi connectivity index (χ2n) is 2.85. The van der Waals surface area contributed by atoms with Crippen molar-refractivity contribution in [3.63, 3.8) is 0 Å². The standard InChI is InChI=1S/C11H14S/c1-3-11(12)8-10-7-5-4-6-9(10)2/h4-8,12H,3H2,1-2H3/b11-8-. The Morgan fingerprint density at radius 3 is 2.67 bits per heavy atom. The van der Waals surface area contributed by atoms with Crippen molar-refractivity contribution < 1.29 is 0 Å². The molecule has 1 aromatic rings. The molecule has 0 aliphatic carbocycles. The van der Waals surface area contributed by atoms with Crippen LogP contribution in [0, 0.1) is 6.92 Å². The van der Waals surface area contributed by atoms with Gasteiger partial charge in [-0.15, -0.1) is 12.6 Å². The fraction of sp³-hybridized carbons (Fsp3) is 0.273. The average molecular weight is 178 g/mol. The molecule has 0 unspecified atom stereocenters. The lowest BCUT2D eigenvalue weighted by Gasteiger charge is -2.00. The van der Waals surface area contributed by atoms with Crippen molar-refractivity contribution in [3.8, 4) is 0 Å². The topological polar surface area (TPSA) is 0 Å². The van der Waals surface area contributed by atoms with Crippen LogP contribution in [-0.4, -0.2) is 0 Å². The Kier molecular flexibility index (Phi) is 3.42. The highest BCUT2D eigenvalue weighted by atomic mass is 32.1. The second kappa shape index (κ2) is 4.36. The van der Waals surface area contributed by atoms with Crippen LogP contribution in [0.2, 0.25) is 0 Å². The zero-order valence-corrected chi connectivity index (χ0v) is 8.44. The molecule has 0 aliphatic heterocycles. The zero-order chi connectivity index (χ0) is 8.97. The van der Waals surface area contributed by atoms with Gasteiger partial charge in [0.05, 0.1) is 0 Å². The number of thiol groups is 1. The largest absolute Gasteiger partial charge is 0.148 e. The van der Waals surface area contributed by atoms with E-state index in [0.29, 0.717) is 0 Å². The zero-order valence-electron chi connectivity index (χ0n) is 7.54. The molecule has 0 heterocycles. The van der Waals surface area contributed by atoms with Gasteiger partial charge in [0.15, 0.2) is 0 Å². The fourth-order valence-electron chi connectivity index (χ4n) is 1.03. The highest BCUT2D eigenvalue weighted by molar-refractivity contribution is 7.84. The first-order chi connectivity index (χ1) is 5.74. The maximum absolute atomic E-state index is 4.35. The Morgan fingerprint density at radius 2 is 2.08 bits per heavy atom. The summed E-state index contributed by atoms with van der Waals surface area (Å²) in [5, 5.41) is 0. The summed E-state index contributed by atoms with van der Waals surface area (Å²) in [6.07, 6.45) is 3.12. The minimum atomic E-state index is 0.997. The van der Waals surface area contributed by atoms with Crippen LogP contribution >= 0.6 is 12.6 Å². The number of aryl methyl sites for hydroxylation is 1. The van der Waals surface area contributed by atoms with Gasteiger partial charge in [0.1, 0.15) is 0 Å². The Balaban J connectivity index is 2.96. The maximum atomic E-state index is 4.35. The van der Waals surface area contributed by atoms with Gasteiger partial charge in [-0.3, -0.25) is 0 Å². The molecule has 0 spiro atoms. The molecule has 1 rings (SSSR count). The van der Waals surface area contributed by atoms with Crippen molar-refractivity contribution in [1.29, 1.82) is 0 Å². The summed E-state index contributed by atoms with van der Waals surface area (Å²) < 4.78 is 0. The van der Waals surface area contributed by atoms with Crippen LogP contribution in [0.5, 0.6) is 0 Å². The lowest BCUT2D eigenvalue weighted by atomic mass is 10.1. The second-order valence-corrected chi connectivity index (χ2v) is 3.42. The molecule has 0 N–H and O–H groups in total. The average Bonchev–Trinajstić information content (AvgIpc) is 2.09. The highest BCUT2D eigenvalue weighted by Gasteiger charge is 1.92. The molecular weight excluding hydrogens is 164 g/mol. The van der Waals surface area contributed by atoms with E-state index in [4.69, 9.17) is 0 Å². The van der Waals surface area contributed by atoms with Crippen LogP contribution in [0.25, 0.3) is 6.08 Å². The van der Waals surface area contributed by atoms with E-state index in [0.717, 1.165) is 11.3 Å². The van der Waals surface area contributed by atoms with Crippen LogP contribution in [0.3, 0.4) is 0 Å². The maximum Gasteiger partial charge on any atom is -0.0181 e. The minimum Gasteiger partial charge on any atom is -0.148 e. The number of allylic oxidation sites excluding steroid dienone is 1. The van der Waals surface area contributed by atoms with Crippen LogP contribution in [0.4, 0.5) is 0 Å². The molecule has 0 aromatic heterocycles. The van der Waals surface area contributed by atoms with Crippen molar-refractivity contribution in [1.82, 2.24) is 0 Å². The Bertz CT molecular complexity index is 287. The minimum absolute atomic E-state index is 0.997. The summed E-state index contributed by atoms with van der Waals surface area (Å²) in [5.41, 5.74) is 2.57. The van der Waals surface area contributed by atoms with Crippen LogP contribution < -0.4 is 0 Å². The Hall–Kier alpha value is -0.690. The predicted octanol–water partition coefficient (Wildman–Crippen LogP) is 3.68. The third-order valence-corrected chi connectivity index (χ3v) is 2.32. The fourth-order valence-corrected chi connectivity index (χ4v) is 1.17. The summed E-state index contributed by atoms with van der Waals surface area (Å²) in [7, 11) is 0. The number of rotatable bonds is 2. The van der Waals surface area contributed by atoms with Gasteiger partial charge in [0.2, 0.25) is 0 Å². The molecule has 0 bridgehead atoms. The molecule has 0 nitrogen and oxygen atoms in total. The first-order valence-corrected chi connectivity index (χ1v) is 4.64. The lowest BCUT2D eigenvalue weighted by molar-refractivity contribution is 1.21. The normalized spacial score (nSPS) is 11.8. The van der Waals surface area contributed by atoms with Gasteiger partial charge in [-0.2, -0.15) is 0 Å². The molecule has 0 atom stereocenters. The highest BCUT2D eigenvalue weighted by Crippen LogP contribution is 2.15. The Morgan fingerprint density at radius 1 is 1.42 bits per heavy atom. The van der Waals surface area contributed by atoms with Crippen molar-refractivity contribution in [2.75, 3.05) is 0 Å². The SMILES string of the molecule is CC/C(S)=C/c1ccccc1C. The van der Waals surface area contributed by atoms with E-state index in [1.165, 1.54) is 11.1 Å². The smallest absolute Gasteiger partial charge is 0.0181 e. The van der Waals surface area contributed by atoms with Gasteiger partial charge in [-0.1, -0.05) is 31.2 Å². The van der Waals surface area contributed by atoms with E-state index in [1.807, 2.05) is 0 Å². The van der Waals surface area contributed by atoms with Crippen molar-refractivity contribution in [3.05, 3.63) is 40.3 Å². The van der Waals surface area contributed by atoms with E-state index in [2.05, 4.69) is 56.8 Å². The van der Waals surface area contributed by atoms with Crippen molar-refractivity contribution in [2.24, 2.45) is 0 Å². The lowest BCUT2D eigenvalue weighted by Crippen LogP contribution is -1.79. The van der Waals surface area contributed by atoms with Crippen LogP contribution in [0.15, 0.2) is 29.2 Å². The van der Waals surface area contributed by atoms with Crippen molar-refractivity contribution >= 4 is 18.7 Å². The summed E-state index contributed by atoms with van der Waals surface area (Å²) in [4.78, 5) is 1.13. The van der Waals surface area contributed by atoms with E-state index in [9.17, 15) is 0 Å².